The van der Waals surface area contributed by atoms with Crippen molar-refractivity contribution in [3.8, 4) is 0 Å². The van der Waals surface area contributed by atoms with Crippen molar-refractivity contribution in [1.29, 1.82) is 0 Å². The molecule has 1 heterocycles. The molecule has 0 spiro atoms. The molecule has 0 bridgehead atoms. The van der Waals surface area contributed by atoms with Gasteiger partial charge in [0.05, 0.1) is 5.60 Å². The van der Waals surface area contributed by atoms with Gasteiger partial charge in [0, 0.05) is 25.3 Å². The summed E-state index contributed by atoms with van der Waals surface area (Å²) in [4.78, 5) is 24.2. The number of amides is 2. The minimum absolute atomic E-state index is 0.223. The zero-order valence-electron chi connectivity index (χ0n) is 13.2. The van der Waals surface area contributed by atoms with E-state index in [9.17, 15) is 9.59 Å². The van der Waals surface area contributed by atoms with E-state index in [1.807, 2.05) is 13.8 Å². The first kappa shape index (κ1) is 17.3. The van der Waals surface area contributed by atoms with E-state index in [-0.39, 0.29) is 17.4 Å². The first-order valence-electron chi connectivity index (χ1n) is 7.03. The van der Waals surface area contributed by atoms with Crippen LogP contribution in [-0.2, 0) is 14.3 Å². The molecule has 0 aromatic rings. The summed E-state index contributed by atoms with van der Waals surface area (Å²) in [6.07, 6.45) is 4.32. The van der Waals surface area contributed by atoms with Crippen molar-refractivity contribution < 1.29 is 14.3 Å². The van der Waals surface area contributed by atoms with Crippen LogP contribution in [-0.4, -0.2) is 47.3 Å². The fraction of sp³-hybridized carbons (Fsp3) is 0.733. The van der Waals surface area contributed by atoms with Gasteiger partial charge in [0.2, 0.25) is 0 Å². The molecule has 20 heavy (non-hydrogen) atoms. The van der Waals surface area contributed by atoms with E-state index < -0.39 is 0 Å². The molecule has 0 radical (unpaired) electrons. The molecule has 0 aliphatic carbocycles. The van der Waals surface area contributed by atoms with E-state index >= 15 is 0 Å². The third kappa shape index (κ3) is 5.34. The van der Waals surface area contributed by atoms with Gasteiger partial charge in [-0.2, -0.15) is 0 Å². The van der Waals surface area contributed by atoms with Crippen LogP contribution in [0.5, 0.6) is 0 Å². The maximum atomic E-state index is 11.5. The molecule has 1 unspecified atom stereocenters. The Labute approximate surface area is 123 Å². The lowest BCUT2D eigenvalue weighted by molar-refractivity contribution is -0.137. The van der Waals surface area contributed by atoms with Gasteiger partial charge < -0.3 is 4.74 Å². The van der Waals surface area contributed by atoms with E-state index in [2.05, 4.69) is 20.5 Å². The zero-order valence-corrected chi connectivity index (χ0v) is 14.2. The van der Waals surface area contributed by atoms with Crippen molar-refractivity contribution in [2.24, 2.45) is 0 Å². The molecular formula is C15H26NO3P. The number of ether oxygens (including phenoxy) is 1. The van der Waals surface area contributed by atoms with Crippen LogP contribution in [0, 0.1) is 0 Å². The molecule has 0 fully saturated rings. The minimum Gasteiger partial charge on any atom is -0.375 e. The largest absolute Gasteiger partial charge is 0.375 e. The molecule has 1 aliphatic heterocycles. The van der Waals surface area contributed by atoms with Crippen molar-refractivity contribution in [2.75, 3.05) is 19.8 Å². The van der Waals surface area contributed by atoms with Crippen LogP contribution < -0.4 is 0 Å². The molecule has 1 aliphatic rings. The summed E-state index contributed by atoms with van der Waals surface area (Å²) in [5, 5.41) is 0.320. The predicted octanol–water partition coefficient (Wildman–Crippen LogP) is 2.57. The minimum atomic E-state index is -0.323. The Morgan fingerprint density at radius 1 is 1.10 bits per heavy atom. The Hall–Kier alpha value is -0.730. The summed E-state index contributed by atoms with van der Waals surface area (Å²) in [7, 11) is 0.890. The fourth-order valence-corrected chi connectivity index (χ4v) is 2.16. The Morgan fingerprint density at radius 2 is 1.65 bits per heavy atom. The van der Waals surface area contributed by atoms with Crippen molar-refractivity contribution in [1.82, 2.24) is 4.90 Å². The summed E-state index contributed by atoms with van der Waals surface area (Å²) >= 11 is 0. The topological polar surface area (TPSA) is 46.6 Å². The lowest BCUT2D eigenvalue weighted by Crippen LogP contribution is -2.37. The number of imide groups is 1. The highest BCUT2D eigenvalue weighted by Gasteiger charge is 2.27. The molecule has 114 valence electrons. The van der Waals surface area contributed by atoms with Gasteiger partial charge in [0.15, 0.2) is 0 Å². The first-order chi connectivity index (χ1) is 9.17. The van der Waals surface area contributed by atoms with Gasteiger partial charge in [-0.1, -0.05) is 13.8 Å². The Bertz CT molecular complexity index is 384. The standard InChI is InChI=1S/C15H26NO3P/c1-14(2,19-11-9-15(3,4)20-5)8-10-16-12(17)6-7-13(16)18/h6-7,20H,8-11H2,1-5H3. The van der Waals surface area contributed by atoms with Gasteiger partial charge >= 0.3 is 0 Å². The molecule has 2 amide bonds. The molecule has 4 nitrogen and oxygen atoms in total. The van der Waals surface area contributed by atoms with Crippen molar-refractivity contribution >= 4 is 20.4 Å². The molecule has 0 aromatic heterocycles. The fourth-order valence-electron chi connectivity index (χ4n) is 1.81. The second-order valence-corrected chi connectivity index (χ2v) is 8.26. The van der Waals surface area contributed by atoms with Crippen molar-refractivity contribution in [3.63, 3.8) is 0 Å². The van der Waals surface area contributed by atoms with Gasteiger partial charge in [-0.15, -0.1) is 8.58 Å². The van der Waals surface area contributed by atoms with Crippen LogP contribution in [0.4, 0.5) is 0 Å². The average Bonchev–Trinajstić information content (AvgIpc) is 2.66. The third-order valence-corrected chi connectivity index (χ3v) is 5.34. The monoisotopic (exact) mass is 299 g/mol. The average molecular weight is 299 g/mol. The predicted molar refractivity (Wildman–Crippen MR) is 83.4 cm³/mol. The summed E-state index contributed by atoms with van der Waals surface area (Å²) in [6.45, 7) is 11.8. The van der Waals surface area contributed by atoms with Gasteiger partial charge in [0.1, 0.15) is 0 Å². The van der Waals surface area contributed by atoms with Crippen LogP contribution >= 0.6 is 8.58 Å². The molecular weight excluding hydrogens is 273 g/mol. The highest BCUT2D eigenvalue weighted by atomic mass is 31.1. The maximum absolute atomic E-state index is 11.5. The quantitative estimate of drug-likeness (QED) is 0.511. The van der Waals surface area contributed by atoms with E-state index in [1.165, 1.54) is 17.1 Å². The lowest BCUT2D eigenvalue weighted by Gasteiger charge is -2.30. The number of nitrogens with zero attached hydrogens (tertiary/aromatic N) is 1. The van der Waals surface area contributed by atoms with Crippen LogP contribution in [0.2, 0.25) is 0 Å². The normalized spacial score (nSPS) is 16.9. The van der Waals surface area contributed by atoms with E-state index in [1.54, 1.807) is 0 Å². The molecule has 0 saturated carbocycles. The summed E-state index contributed by atoms with van der Waals surface area (Å²) < 4.78 is 5.93. The zero-order chi connectivity index (χ0) is 15.4. The van der Waals surface area contributed by atoms with E-state index in [0.29, 0.717) is 24.7 Å². The van der Waals surface area contributed by atoms with Gasteiger partial charge in [-0.05, 0) is 38.5 Å². The highest BCUT2D eigenvalue weighted by molar-refractivity contribution is 7.38. The Kier molecular flexibility index (Phi) is 5.91. The van der Waals surface area contributed by atoms with E-state index in [0.717, 1.165) is 15.0 Å². The number of hydrogen-bond acceptors (Lipinski definition) is 3. The van der Waals surface area contributed by atoms with Crippen LogP contribution in [0.3, 0.4) is 0 Å². The molecule has 0 N–H and O–H groups in total. The second-order valence-electron chi connectivity index (χ2n) is 6.40. The molecule has 1 rings (SSSR count). The summed E-state index contributed by atoms with van der Waals surface area (Å²) in [5.74, 6) is -0.446. The third-order valence-electron chi connectivity index (χ3n) is 3.73. The number of carbonyl (C=O) groups excluding carboxylic acids is 2. The second kappa shape index (κ2) is 6.82. The summed E-state index contributed by atoms with van der Waals surface area (Å²) in [5.41, 5.74) is -0.323. The Morgan fingerprint density at radius 3 is 2.15 bits per heavy atom. The number of rotatable bonds is 8. The van der Waals surface area contributed by atoms with Gasteiger partial charge in [-0.3, -0.25) is 14.5 Å². The molecule has 0 saturated heterocycles. The molecule has 0 aromatic carbocycles. The Balaban J connectivity index is 2.35. The SMILES string of the molecule is CPC(C)(C)CCOC(C)(C)CCN1C(=O)C=CC1=O. The number of hydrogen-bond donors (Lipinski definition) is 0. The maximum Gasteiger partial charge on any atom is 0.253 e. The molecule has 5 heteroatoms. The summed E-state index contributed by atoms with van der Waals surface area (Å²) in [6, 6.07) is 0. The van der Waals surface area contributed by atoms with Crippen molar-refractivity contribution in [3.05, 3.63) is 12.2 Å². The highest BCUT2D eigenvalue weighted by Crippen LogP contribution is 2.31. The van der Waals surface area contributed by atoms with Crippen molar-refractivity contribution in [2.45, 2.75) is 51.3 Å². The van der Waals surface area contributed by atoms with Gasteiger partial charge in [0.25, 0.3) is 11.8 Å². The first-order valence-corrected chi connectivity index (χ1v) is 8.53. The number of carbonyl (C=O) groups is 2. The smallest absolute Gasteiger partial charge is 0.253 e. The molecule has 1 atom stereocenters. The lowest BCUT2D eigenvalue weighted by atomic mass is 10.0. The van der Waals surface area contributed by atoms with Crippen LogP contribution in [0.15, 0.2) is 12.2 Å². The van der Waals surface area contributed by atoms with Gasteiger partial charge in [-0.25, -0.2) is 0 Å². The van der Waals surface area contributed by atoms with Crippen LogP contribution in [0.25, 0.3) is 0 Å². The van der Waals surface area contributed by atoms with E-state index in [4.69, 9.17) is 4.74 Å². The van der Waals surface area contributed by atoms with Crippen LogP contribution in [0.1, 0.15) is 40.5 Å².